The normalized spacial score (nSPS) is 16.1. The minimum Gasteiger partial charge on any atom is -0.493 e. The summed E-state index contributed by atoms with van der Waals surface area (Å²) in [4.78, 5) is 17.3. The van der Waals surface area contributed by atoms with Gasteiger partial charge in [0.15, 0.2) is 11.5 Å². The molecule has 0 spiro atoms. The maximum atomic E-state index is 12.6. The first kappa shape index (κ1) is 33.9. The Labute approximate surface area is 258 Å². The maximum Gasteiger partial charge on any atom is 0.227 e. The number of hydrogen-bond donors (Lipinski definition) is 3. The zero-order chi connectivity index (χ0) is 31.2. The highest BCUT2D eigenvalue weighted by Crippen LogP contribution is 2.33. The molecule has 1 amide bonds. The summed E-state index contributed by atoms with van der Waals surface area (Å²) in [5.41, 5.74) is 6.09. The lowest BCUT2D eigenvalue weighted by Crippen LogP contribution is -2.29. The number of aliphatic imine (C=N–C) groups is 1. The van der Waals surface area contributed by atoms with E-state index in [0.717, 1.165) is 59.6 Å². The largest absolute Gasteiger partial charge is 0.493 e. The number of nitrogens with zero attached hydrogens (tertiary/aromatic N) is 1. The molecule has 1 fully saturated rings. The summed E-state index contributed by atoms with van der Waals surface area (Å²) >= 11 is 0. The third kappa shape index (κ3) is 9.70. The molecule has 1 unspecified atom stereocenters. The number of methoxy groups -OCH3 is 3. The van der Waals surface area contributed by atoms with Crippen LogP contribution in [0.15, 0.2) is 64.8 Å². The molecule has 4 rings (SSSR count). The van der Waals surface area contributed by atoms with Gasteiger partial charge >= 0.3 is 0 Å². The molecule has 43 heavy (non-hydrogen) atoms. The lowest BCUT2D eigenvalue weighted by molar-refractivity contribution is -0.120. The minimum absolute atomic E-state index is 0.130. The summed E-state index contributed by atoms with van der Waals surface area (Å²) < 4.78 is 16.4. The molecule has 3 N–H and O–H groups in total. The summed E-state index contributed by atoms with van der Waals surface area (Å²) in [5, 5.41) is 10.1. The van der Waals surface area contributed by atoms with Crippen LogP contribution in [-0.2, 0) is 22.7 Å². The van der Waals surface area contributed by atoms with Crippen LogP contribution in [-0.4, -0.2) is 45.7 Å². The van der Waals surface area contributed by atoms with Crippen LogP contribution in [0.5, 0.6) is 11.5 Å². The summed E-state index contributed by atoms with van der Waals surface area (Å²) in [5.74, 6) is 2.51. The average Bonchev–Trinajstić information content (AvgIpc) is 3.05. The van der Waals surface area contributed by atoms with Crippen LogP contribution in [0.1, 0.15) is 76.5 Å². The topological polar surface area (TPSA) is 93.2 Å². The van der Waals surface area contributed by atoms with Gasteiger partial charge in [0.2, 0.25) is 5.91 Å². The van der Waals surface area contributed by atoms with Crippen molar-refractivity contribution in [3.63, 3.8) is 0 Å². The predicted octanol–water partition coefficient (Wildman–Crippen LogP) is 6.75. The Bertz CT molecular complexity index is 1280. The van der Waals surface area contributed by atoms with Gasteiger partial charge in [-0.15, -0.1) is 0 Å². The number of benzene rings is 2. The summed E-state index contributed by atoms with van der Waals surface area (Å²) in [6.07, 6.45) is 9.78. The van der Waals surface area contributed by atoms with Crippen molar-refractivity contribution >= 4 is 17.4 Å². The van der Waals surface area contributed by atoms with E-state index in [1.807, 2.05) is 44.2 Å². The third-order valence-corrected chi connectivity index (χ3v) is 7.68. The monoisotopic (exact) mass is 590 g/mol. The van der Waals surface area contributed by atoms with E-state index in [2.05, 4.69) is 48.0 Å². The van der Waals surface area contributed by atoms with Crippen LogP contribution < -0.4 is 25.4 Å². The molecule has 1 saturated carbocycles. The molecular weight excluding hydrogens is 540 g/mol. The fourth-order valence-electron chi connectivity index (χ4n) is 5.28. The second-order valence-electron chi connectivity index (χ2n) is 10.8. The van der Waals surface area contributed by atoms with E-state index in [9.17, 15) is 4.79 Å². The zero-order valence-electron chi connectivity index (χ0n) is 27.0. The molecule has 1 aliphatic carbocycles. The highest BCUT2D eigenvalue weighted by atomic mass is 16.5. The van der Waals surface area contributed by atoms with E-state index in [4.69, 9.17) is 19.2 Å². The quantitative estimate of drug-likeness (QED) is 0.253. The molecule has 1 heterocycles. The Morgan fingerprint density at radius 2 is 1.79 bits per heavy atom. The number of rotatable bonds is 12. The average molecular weight is 591 g/mol. The van der Waals surface area contributed by atoms with Crippen molar-refractivity contribution in [2.75, 3.05) is 33.2 Å². The fraction of sp³-hybridized carbons (Fsp3) is 0.486. The van der Waals surface area contributed by atoms with Crippen LogP contribution in [0.4, 0.5) is 5.69 Å². The highest BCUT2D eigenvalue weighted by Gasteiger charge is 2.21. The minimum atomic E-state index is 0.130. The molecule has 1 aliphatic heterocycles. The van der Waals surface area contributed by atoms with Crippen molar-refractivity contribution in [3.05, 3.63) is 76.5 Å². The Kier molecular flexibility index (Phi) is 13.8. The van der Waals surface area contributed by atoms with Gasteiger partial charge in [0.05, 0.1) is 27.4 Å². The number of nitrogens with one attached hydrogen (secondary N) is 3. The number of amides is 1. The van der Waals surface area contributed by atoms with E-state index >= 15 is 0 Å². The van der Waals surface area contributed by atoms with Crippen molar-refractivity contribution in [1.82, 2.24) is 10.6 Å². The van der Waals surface area contributed by atoms with Crippen LogP contribution >= 0.6 is 0 Å². The first-order valence-electron chi connectivity index (χ1n) is 15.5. The van der Waals surface area contributed by atoms with Crippen LogP contribution in [0.2, 0.25) is 0 Å². The molecular formula is C35H50N4O4. The molecule has 8 nitrogen and oxygen atoms in total. The van der Waals surface area contributed by atoms with E-state index in [1.54, 1.807) is 21.3 Å². The van der Waals surface area contributed by atoms with E-state index in [1.165, 1.54) is 12.0 Å². The van der Waals surface area contributed by atoms with Gasteiger partial charge in [-0.05, 0) is 80.3 Å². The molecule has 0 bridgehead atoms. The lowest BCUT2D eigenvalue weighted by Gasteiger charge is -2.21. The number of anilines is 1. The first-order chi connectivity index (χ1) is 20.9. The molecule has 2 aliphatic rings. The molecule has 0 saturated heterocycles. The standard InChI is InChI=1S/C33H44N4O4.C2H6/c1-22-19-35-32(25-12-14-28(15-13-25)36-33(38)26-9-7-6-8-10-26)37-29(22)16-11-23(2)34-20-24-17-27(21-39-3)31(41-5)30(18-24)40-4;1-2/h11-18,23,26,34H,6-10,19-21H2,1-5H3,(H,35,37)(H,36,38);1-2H3/b16-11-;. The van der Waals surface area contributed by atoms with Gasteiger partial charge in [-0.25, -0.2) is 0 Å². The van der Waals surface area contributed by atoms with Crippen LogP contribution in [0.25, 0.3) is 0 Å². The summed E-state index contributed by atoms with van der Waals surface area (Å²) in [6, 6.07) is 12.1. The molecule has 2 aromatic carbocycles. The third-order valence-electron chi connectivity index (χ3n) is 7.68. The van der Waals surface area contributed by atoms with Crippen LogP contribution in [0.3, 0.4) is 0 Å². The predicted molar refractivity (Wildman–Crippen MR) is 176 cm³/mol. The van der Waals surface area contributed by atoms with Gasteiger partial charge in [0, 0.05) is 48.1 Å². The van der Waals surface area contributed by atoms with Gasteiger partial charge in [-0.1, -0.05) is 39.2 Å². The van der Waals surface area contributed by atoms with Crippen molar-refractivity contribution in [3.8, 4) is 11.5 Å². The Morgan fingerprint density at radius 3 is 2.44 bits per heavy atom. The van der Waals surface area contributed by atoms with Crippen molar-refractivity contribution in [1.29, 1.82) is 0 Å². The lowest BCUT2D eigenvalue weighted by atomic mass is 9.88. The van der Waals surface area contributed by atoms with Gasteiger partial charge in [-0.2, -0.15) is 0 Å². The number of amidine groups is 1. The Morgan fingerprint density at radius 1 is 1.07 bits per heavy atom. The van der Waals surface area contributed by atoms with Gasteiger partial charge in [0.25, 0.3) is 0 Å². The molecule has 0 aromatic heterocycles. The van der Waals surface area contributed by atoms with Crippen LogP contribution in [0, 0.1) is 5.92 Å². The Hall–Kier alpha value is -3.62. The molecule has 0 radical (unpaired) electrons. The first-order valence-corrected chi connectivity index (χ1v) is 15.5. The summed E-state index contributed by atoms with van der Waals surface area (Å²) in [6.45, 7) is 9.98. The second kappa shape index (κ2) is 17.5. The Balaban J connectivity index is 0.00000248. The second-order valence-corrected chi connectivity index (χ2v) is 10.8. The maximum absolute atomic E-state index is 12.6. The van der Waals surface area contributed by atoms with Gasteiger partial charge in [0.1, 0.15) is 5.84 Å². The van der Waals surface area contributed by atoms with Crippen molar-refractivity contribution in [2.24, 2.45) is 10.9 Å². The van der Waals surface area contributed by atoms with Crippen molar-refractivity contribution in [2.45, 2.75) is 79.0 Å². The summed E-state index contributed by atoms with van der Waals surface area (Å²) in [7, 11) is 4.95. The van der Waals surface area contributed by atoms with E-state index < -0.39 is 0 Å². The number of carbonyl (C=O) groups is 1. The molecule has 234 valence electrons. The SMILES string of the molecule is CC.COCc1cc(CNC(C)/C=C\C2=C(C)CN=C(c3ccc(NC(=O)C4CCCCC4)cc3)N2)cc(OC)c1OC. The number of ether oxygens (including phenoxy) is 3. The van der Waals surface area contributed by atoms with E-state index in [0.29, 0.717) is 31.2 Å². The molecule has 1 atom stereocenters. The fourth-order valence-corrected chi connectivity index (χ4v) is 5.28. The number of allylic oxidation sites excluding steroid dienone is 1. The zero-order valence-corrected chi connectivity index (χ0v) is 27.0. The van der Waals surface area contributed by atoms with E-state index in [-0.39, 0.29) is 17.9 Å². The molecule has 2 aromatic rings. The number of carbonyl (C=O) groups excluding carboxylic acids is 1. The van der Waals surface area contributed by atoms with Crippen molar-refractivity contribution < 1.29 is 19.0 Å². The highest BCUT2D eigenvalue weighted by molar-refractivity contribution is 6.01. The van der Waals surface area contributed by atoms with Gasteiger partial charge < -0.3 is 30.2 Å². The van der Waals surface area contributed by atoms with Gasteiger partial charge in [-0.3, -0.25) is 9.79 Å². The number of hydrogen-bond acceptors (Lipinski definition) is 7. The smallest absolute Gasteiger partial charge is 0.227 e. The molecule has 8 heteroatoms.